The Bertz CT molecular complexity index is 250. The van der Waals surface area contributed by atoms with Crippen molar-refractivity contribution in [2.45, 2.75) is 0 Å². The van der Waals surface area contributed by atoms with E-state index in [0.717, 1.165) is 0 Å². The van der Waals surface area contributed by atoms with E-state index in [0.29, 0.717) is 5.56 Å². The van der Waals surface area contributed by atoms with E-state index in [2.05, 4.69) is 16.8 Å². The van der Waals surface area contributed by atoms with Gasteiger partial charge in [-0.05, 0) is 12.1 Å². The minimum absolute atomic E-state index is 0. The Hall–Kier alpha value is -0.467. The van der Waals surface area contributed by atoms with Crippen LogP contribution in [0.1, 0.15) is 10.4 Å². The van der Waals surface area contributed by atoms with Gasteiger partial charge in [0.1, 0.15) is 0 Å². The van der Waals surface area contributed by atoms with Gasteiger partial charge in [0.25, 0.3) is 5.91 Å². The molecule has 0 fully saturated rings. The van der Waals surface area contributed by atoms with Gasteiger partial charge in [-0.15, -0.1) is 4.36 Å². The summed E-state index contributed by atoms with van der Waals surface area (Å²) < 4.78 is 3.10. The van der Waals surface area contributed by atoms with Crippen molar-refractivity contribution in [3.63, 3.8) is 0 Å². The first-order valence-corrected chi connectivity index (χ1v) is 3.14. The van der Waals surface area contributed by atoms with Crippen molar-refractivity contribution >= 4 is 18.3 Å². The van der Waals surface area contributed by atoms with Gasteiger partial charge in [-0.25, -0.2) is 0 Å². The summed E-state index contributed by atoms with van der Waals surface area (Å²) in [5.41, 5.74) is 0.539. The molecule has 0 aliphatic rings. The summed E-state index contributed by atoms with van der Waals surface area (Å²) in [7, 11) is 0. The second-order valence-electron chi connectivity index (χ2n) is 1.76. The topological polar surface area (TPSA) is 29.4 Å². The summed E-state index contributed by atoms with van der Waals surface area (Å²) >= 11 is 4.23. The molecule has 1 amide bonds. The van der Waals surface area contributed by atoms with E-state index in [1.165, 1.54) is 0 Å². The Morgan fingerprint density at radius 2 is 1.82 bits per heavy atom. The third-order valence-corrected chi connectivity index (χ3v) is 1.27. The maximum absolute atomic E-state index is 10.7. The predicted octanol–water partition coefficient (Wildman–Crippen LogP) is 1.55. The number of rotatable bonds is 1. The van der Waals surface area contributed by atoms with Crippen molar-refractivity contribution < 1.29 is 24.3 Å². The number of carbonyl (C=O) groups excluding carboxylic acids is 1. The van der Waals surface area contributed by atoms with E-state index in [-0.39, 0.29) is 25.4 Å². The number of amides is 1. The van der Waals surface area contributed by atoms with E-state index in [9.17, 15) is 4.79 Å². The van der Waals surface area contributed by atoms with Crippen LogP contribution < -0.4 is 0 Å². The SMILES string of the molecule is O=C(N=S)c1ccccc1.[Zn]. The van der Waals surface area contributed by atoms with Crippen LogP contribution in [0.25, 0.3) is 0 Å². The molecule has 0 N–H and O–H groups in total. The molecule has 2 nitrogen and oxygen atoms in total. The molecule has 4 heteroatoms. The second kappa shape index (κ2) is 5.22. The molecular formula is C7H5NOSZn. The molecule has 0 heterocycles. The molecule has 1 rings (SSSR count). The van der Waals surface area contributed by atoms with E-state index in [1.54, 1.807) is 24.3 Å². The van der Waals surface area contributed by atoms with Crippen LogP contribution in [-0.2, 0) is 31.9 Å². The van der Waals surface area contributed by atoms with Gasteiger partial charge in [0.2, 0.25) is 0 Å². The summed E-state index contributed by atoms with van der Waals surface area (Å²) in [4.78, 5) is 10.7. The number of benzene rings is 1. The van der Waals surface area contributed by atoms with Gasteiger partial charge in [0.15, 0.2) is 0 Å². The third-order valence-electron chi connectivity index (χ3n) is 1.10. The Kier molecular flexibility index (Phi) is 5.00. The largest absolute Gasteiger partial charge is 0.288 e. The molecule has 0 spiro atoms. The normalized spacial score (nSPS) is 8.00. The summed E-state index contributed by atoms with van der Waals surface area (Å²) in [6.45, 7) is 0. The predicted molar refractivity (Wildman–Crippen MR) is 40.6 cm³/mol. The summed E-state index contributed by atoms with van der Waals surface area (Å²) in [5.74, 6) is -0.351. The molecule has 52 valence electrons. The number of hydrogen-bond donors (Lipinski definition) is 0. The zero-order valence-corrected chi connectivity index (χ0v) is 9.64. The van der Waals surface area contributed by atoms with Gasteiger partial charge in [0, 0.05) is 37.5 Å². The van der Waals surface area contributed by atoms with Crippen molar-refractivity contribution in [1.29, 1.82) is 0 Å². The molecule has 0 aliphatic carbocycles. The Labute approximate surface area is 82.9 Å². The summed E-state index contributed by atoms with van der Waals surface area (Å²) in [6.07, 6.45) is 0. The van der Waals surface area contributed by atoms with Gasteiger partial charge in [-0.3, -0.25) is 4.79 Å². The zero-order chi connectivity index (χ0) is 7.40. The van der Waals surface area contributed by atoms with E-state index >= 15 is 0 Å². The van der Waals surface area contributed by atoms with Crippen LogP contribution in [0.3, 0.4) is 0 Å². The molecular weight excluding hydrogens is 212 g/mol. The van der Waals surface area contributed by atoms with Crippen LogP contribution in [0.2, 0.25) is 0 Å². The minimum atomic E-state index is -0.351. The van der Waals surface area contributed by atoms with Crippen LogP contribution in [0.4, 0.5) is 0 Å². The number of hydrogen-bond acceptors (Lipinski definition) is 2. The first-order chi connectivity index (χ1) is 4.84. The minimum Gasteiger partial charge on any atom is -0.266 e. The smallest absolute Gasteiger partial charge is 0.266 e. The van der Waals surface area contributed by atoms with Gasteiger partial charge >= 0.3 is 0 Å². The average molecular weight is 217 g/mol. The van der Waals surface area contributed by atoms with Crippen LogP contribution in [0.15, 0.2) is 34.7 Å². The monoisotopic (exact) mass is 215 g/mol. The average Bonchev–Trinajstić information content (AvgIpc) is 2.05. The number of carbonyl (C=O) groups is 1. The summed E-state index contributed by atoms with van der Waals surface area (Å²) in [5, 5.41) is 0. The Balaban J connectivity index is 0.000001000. The first-order valence-electron chi connectivity index (χ1n) is 2.77. The molecule has 0 bridgehead atoms. The Morgan fingerprint density at radius 1 is 1.27 bits per heavy atom. The quantitative estimate of drug-likeness (QED) is 0.667. The molecule has 0 unspecified atom stereocenters. The van der Waals surface area contributed by atoms with Crippen molar-refractivity contribution in [1.82, 2.24) is 0 Å². The van der Waals surface area contributed by atoms with Gasteiger partial charge in [-0.1, -0.05) is 18.2 Å². The van der Waals surface area contributed by atoms with Crippen LogP contribution in [0.5, 0.6) is 0 Å². The molecule has 0 radical (unpaired) electrons. The zero-order valence-electron chi connectivity index (χ0n) is 5.86. The molecule has 11 heavy (non-hydrogen) atoms. The standard InChI is InChI=1S/C7H5NOS.Zn/c9-7(8-10)6-4-2-1-3-5-6;/h1-5H;. The van der Waals surface area contributed by atoms with Crippen molar-refractivity contribution in [3.05, 3.63) is 35.9 Å². The molecule has 0 aromatic heterocycles. The van der Waals surface area contributed by atoms with E-state index < -0.39 is 0 Å². The van der Waals surface area contributed by atoms with E-state index in [4.69, 9.17) is 0 Å². The van der Waals surface area contributed by atoms with Crippen molar-refractivity contribution in [3.8, 4) is 0 Å². The summed E-state index contributed by atoms with van der Waals surface area (Å²) in [6, 6.07) is 8.73. The van der Waals surface area contributed by atoms with E-state index in [1.807, 2.05) is 6.07 Å². The van der Waals surface area contributed by atoms with Crippen molar-refractivity contribution in [2.24, 2.45) is 4.36 Å². The van der Waals surface area contributed by atoms with Gasteiger partial charge in [-0.2, -0.15) is 0 Å². The van der Waals surface area contributed by atoms with Crippen LogP contribution >= 0.6 is 0 Å². The first kappa shape index (κ1) is 10.5. The fourth-order valence-electron chi connectivity index (χ4n) is 0.633. The van der Waals surface area contributed by atoms with Crippen LogP contribution in [0, 0.1) is 0 Å². The van der Waals surface area contributed by atoms with Crippen molar-refractivity contribution in [2.75, 3.05) is 0 Å². The molecule has 0 saturated carbocycles. The van der Waals surface area contributed by atoms with Gasteiger partial charge in [0.05, 0.1) is 0 Å². The maximum atomic E-state index is 10.7. The molecule has 1 aromatic rings. The Morgan fingerprint density at radius 3 is 2.27 bits per heavy atom. The fraction of sp³-hybridized carbons (Fsp3) is 0. The van der Waals surface area contributed by atoms with Crippen LogP contribution in [-0.4, -0.2) is 5.91 Å². The number of nitrogens with zero attached hydrogens (tertiary/aromatic N) is 1. The molecule has 1 aromatic carbocycles. The third kappa shape index (κ3) is 2.95. The second-order valence-corrected chi connectivity index (χ2v) is 1.95. The fourth-order valence-corrected chi connectivity index (χ4v) is 0.739. The van der Waals surface area contributed by atoms with Gasteiger partial charge < -0.3 is 0 Å². The molecule has 0 saturated heterocycles. The molecule has 0 aliphatic heterocycles. The maximum Gasteiger partial charge on any atom is 0.288 e. The molecule has 0 atom stereocenters.